The number of furan rings is 1. The minimum Gasteiger partial charge on any atom is -0.455 e. The fourth-order valence-electron chi connectivity index (χ4n) is 9.18. The molecule has 59 heavy (non-hydrogen) atoms. The first-order valence-electron chi connectivity index (χ1n) is 20.2. The molecule has 0 fully saturated rings. The van der Waals surface area contributed by atoms with E-state index in [-0.39, 0.29) is 0 Å². The molecule has 0 unspecified atom stereocenters. The highest BCUT2D eigenvalue weighted by atomic mass is 16.3. The predicted octanol–water partition coefficient (Wildman–Crippen LogP) is 15.8. The SMILES string of the molecule is c1ccc(-n2c3ccccc3c3c(N(c4ccc(-c5ccc6ccccc6c5)cc4)c4ccc(-c5cccc6c5oc5c7ccccc7ccc65)cc4)cccc32)cc1. The van der Waals surface area contributed by atoms with Gasteiger partial charge in [0.05, 0.1) is 16.7 Å². The Kier molecular flexibility index (Phi) is 7.54. The summed E-state index contributed by atoms with van der Waals surface area (Å²) in [7, 11) is 0. The molecule has 0 atom stereocenters. The number of fused-ring (bicyclic) bond motifs is 9. The molecule has 0 spiro atoms. The molecule has 0 N–H and O–H groups in total. The number of anilines is 3. The standard InChI is InChI=1S/C56H36N2O/c1-2-15-43(16-3-1)58-51-21-9-8-18-50(51)54-52(22-11-23-53(54)58)57(44-31-26-38(27-32-44)42-25-24-37-12-4-5-14-41(37)36-42)45-33-28-40(29-34-45)47-19-10-20-48-49-35-30-39-13-6-7-17-46(39)56(49)59-55(47)48/h1-36H. The van der Waals surface area contributed by atoms with Crippen molar-refractivity contribution in [1.82, 2.24) is 4.57 Å². The van der Waals surface area contributed by atoms with Crippen LogP contribution in [0.3, 0.4) is 0 Å². The molecular weight excluding hydrogens is 717 g/mol. The first kappa shape index (κ1) is 33.3. The number of para-hydroxylation sites is 3. The van der Waals surface area contributed by atoms with Crippen molar-refractivity contribution in [3.8, 4) is 27.9 Å². The lowest BCUT2D eigenvalue weighted by Crippen LogP contribution is -2.10. The second-order valence-corrected chi connectivity index (χ2v) is 15.3. The Balaban J connectivity index is 1.03. The summed E-state index contributed by atoms with van der Waals surface area (Å²) in [6.45, 7) is 0. The normalized spacial score (nSPS) is 11.7. The molecule has 3 heteroatoms. The van der Waals surface area contributed by atoms with Gasteiger partial charge in [0.25, 0.3) is 0 Å². The number of nitrogens with zero attached hydrogens (tertiary/aromatic N) is 2. The second-order valence-electron chi connectivity index (χ2n) is 15.3. The number of rotatable bonds is 6. The average molecular weight is 753 g/mol. The summed E-state index contributed by atoms with van der Waals surface area (Å²) in [6.07, 6.45) is 0. The Morgan fingerprint density at radius 1 is 0.356 bits per heavy atom. The van der Waals surface area contributed by atoms with E-state index in [0.29, 0.717) is 0 Å². The van der Waals surface area contributed by atoms with Gasteiger partial charge in [-0.15, -0.1) is 0 Å². The quantitative estimate of drug-likeness (QED) is 0.169. The molecule has 0 saturated carbocycles. The summed E-state index contributed by atoms with van der Waals surface area (Å²) >= 11 is 0. The third-order valence-corrected chi connectivity index (χ3v) is 12.0. The summed E-state index contributed by atoms with van der Waals surface area (Å²) in [4.78, 5) is 2.41. The molecule has 0 aliphatic rings. The summed E-state index contributed by atoms with van der Waals surface area (Å²) < 4.78 is 9.14. The maximum Gasteiger partial charge on any atom is 0.143 e. The number of hydrogen-bond donors (Lipinski definition) is 0. The molecule has 0 amide bonds. The van der Waals surface area contributed by atoms with Crippen molar-refractivity contribution < 1.29 is 4.42 Å². The Morgan fingerprint density at radius 2 is 0.949 bits per heavy atom. The van der Waals surface area contributed by atoms with Gasteiger partial charge in [-0.3, -0.25) is 0 Å². The van der Waals surface area contributed by atoms with E-state index in [2.05, 4.69) is 228 Å². The Bertz CT molecular complexity index is 3540. The van der Waals surface area contributed by atoms with E-state index in [0.717, 1.165) is 66.7 Å². The Morgan fingerprint density at radius 3 is 1.76 bits per heavy atom. The lowest BCUT2D eigenvalue weighted by atomic mass is 10.00. The van der Waals surface area contributed by atoms with E-state index >= 15 is 0 Å². The molecule has 0 saturated heterocycles. The Labute approximate surface area is 341 Å². The topological polar surface area (TPSA) is 21.3 Å². The maximum absolute atomic E-state index is 6.75. The molecule has 0 aliphatic carbocycles. The predicted molar refractivity (Wildman–Crippen MR) is 249 cm³/mol. The van der Waals surface area contributed by atoms with Gasteiger partial charge in [0.2, 0.25) is 0 Å². The van der Waals surface area contributed by atoms with Gasteiger partial charge in [0.1, 0.15) is 11.2 Å². The van der Waals surface area contributed by atoms with E-state index in [1.165, 1.54) is 43.6 Å². The van der Waals surface area contributed by atoms with Gasteiger partial charge in [-0.25, -0.2) is 0 Å². The lowest BCUT2D eigenvalue weighted by Gasteiger charge is -2.27. The van der Waals surface area contributed by atoms with Crippen LogP contribution in [0.15, 0.2) is 223 Å². The van der Waals surface area contributed by atoms with Crippen molar-refractivity contribution in [2.24, 2.45) is 0 Å². The monoisotopic (exact) mass is 752 g/mol. The van der Waals surface area contributed by atoms with E-state index in [1.54, 1.807) is 0 Å². The van der Waals surface area contributed by atoms with Gasteiger partial charge < -0.3 is 13.9 Å². The smallest absolute Gasteiger partial charge is 0.143 e. The minimum atomic E-state index is 0.909. The first-order valence-corrected chi connectivity index (χ1v) is 20.2. The first-order chi connectivity index (χ1) is 29.3. The lowest BCUT2D eigenvalue weighted by molar-refractivity contribution is 0.674. The fourth-order valence-corrected chi connectivity index (χ4v) is 9.18. The summed E-state index contributed by atoms with van der Waals surface area (Å²) in [6, 6.07) is 78.7. The zero-order valence-electron chi connectivity index (χ0n) is 32.1. The van der Waals surface area contributed by atoms with Crippen molar-refractivity contribution in [3.05, 3.63) is 218 Å². The molecule has 0 radical (unpaired) electrons. The Hall–Kier alpha value is -7.88. The van der Waals surface area contributed by atoms with Crippen LogP contribution in [0.25, 0.3) is 93.2 Å². The molecule has 10 aromatic carbocycles. The molecule has 12 aromatic rings. The van der Waals surface area contributed by atoms with E-state index < -0.39 is 0 Å². The van der Waals surface area contributed by atoms with Crippen molar-refractivity contribution in [3.63, 3.8) is 0 Å². The fraction of sp³-hybridized carbons (Fsp3) is 0. The molecule has 3 nitrogen and oxygen atoms in total. The van der Waals surface area contributed by atoms with E-state index in [9.17, 15) is 0 Å². The van der Waals surface area contributed by atoms with Crippen LogP contribution in [-0.4, -0.2) is 4.57 Å². The van der Waals surface area contributed by atoms with Crippen LogP contribution in [0.5, 0.6) is 0 Å². The third kappa shape index (κ3) is 5.36. The van der Waals surface area contributed by atoms with Crippen molar-refractivity contribution in [2.75, 3.05) is 4.90 Å². The van der Waals surface area contributed by atoms with Gasteiger partial charge in [0, 0.05) is 49.6 Å². The van der Waals surface area contributed by atoms with Crippen molar-refractivity contribution in [1.29, 1.82) is 0 Å². The van der Waals surface area contributed by atoms with Crippen molar-refractivity contribution >= 4 is 82.4 Å². The van der Waals surface area contributed by atoms with Crippen LogP contribution >= 0.6 is 0 Å². The van der Waals surface area contributed by atoms with Crippen LogP contribution in [0.1, 0.15) is 0 Å². The highest BCUT2D eigenvalue weighted by Gasteiger charge is 2.22. The minimum absolute atomic E-state index is 0.909. The average Bonchev–Trinajstić information content (AvgIpc) is 3.87. The van der Waals surface area contributed by atoms with Crippen molar-refractivity contribution in [2.45, 2.75) is 0 Å². The zero-order chi connectivity index (χ0) is 38.9. The molecule has 2 aromatic heterocycles. The highest BCUT2D eigenvalue weighted by molar-refractivity contribution is 6.18. The van der Waals surface area contributed by atoms with Gasteiger partial charge in [0.15, 0.2) is 0 Å². The van der Waals surface area contributed by atoms with E-state index in [4.69, 9.17) is 4.42 Å². The van der Waals surface area contributed by atoms with E-state index in [1.807, 2.05) is 0 Å². The summed E-state index contributed by atoms with van der Waals surface area (Å²) in [5, 5.41) is 9.47. The number of hydrogen-bond acceptors (Lipinski definition) is 2. The van der Waals surface area contributed by atoms with Gasteiger partial charge in [-0.2, -0.15) is 0 Å². The largest absolute Gasteiger partial charge is 0.455 e. The molecule has 0 aliphatic heterocycles. The van der Waals surface area contributed by atoms with Gasteiger partial charge >= 0.3 is 0 Å². The zero-order valence-corrected chi connectivity index (χ0v) is 32.1. The molecule has 276 valence electrons. The molecule has 0 bridgehead atoms. The van der Waals surface area contributed by atoms with Crippen LogP contribution in [0.4, 0.5) is 17.1 Å². The third-order valence-electron chi connectivity index (χ3n) is 12.0. The number of benzene rings is 10. The molecular formula is C56H36N2O. The number of aromatic nitrogens is 1. The van der Waals surface area contributed by atoms with Crippen LogP contribution in [-0.2, 0) is 0 Å². The van der Waals surface area contributed by atoms with Gasteiger partial charge in [-0.1, -0.05) is 152 Å². The second kappa shape index (κ2) is 13.4. The summed E-state index contributed by atoms with van der Waals surface area (Å²) in [5.41, 5.74) is 13.1. The molecule has 12 rings (SSSR count). The van der Waals surface area contributed by atoms with Crippen LogP contribution in [0, 0.1) is 0 Å². The van der Waals surface area contributed by atoms with Gasteiger partial charge in [-0.05, 0) is 99.6 Å². The van der Waals surface area contributed by atoms with Crippen LogP contribution in [0.2, 0.25) is 0 Å². The molecule has 2 heterocycles. The highest BCUT2D eigenvalue weighted by Crippen LogP contribution is 2.45. The summed E-state index contributed by atoms with van der Waals surface area (Å²) in [5.74, 6) is 0. The maximum atomic E-state index is 6.75. The van der Waals surface area contributed by atoms with Crippen LogP contribution < -0.4 is 4.90 Å².